The molecule has 1 saturated heterocycles. The van der Waals surface area contributed by atoms with Gasteiger partial charge in [-0.1, -0.05) is 12.8 Å². The molecule has 0 radical (unpaired) electrons. The highest BCUT2D eigenvalue weighted by molar-refractivity contribution is 4.88. The maximum atomic E-state index is 9.70. The number of rotatable bonds is 8. The van der Waals surface area contributed by atoms with E-state index >= 15 is 0 Å². The first-order valence-corrected chi connectivity index (χ1v) is 6.74. The van der Waals surface area contributed by atoms with E-state index in [2.05, 4.69) is 0 Å². The minimum Gasteiger partial charge on any atom is -0.394 e. The van der Waals surface area contributed by atoms with Gasteiger partial charge >= 0.3 is 0 Å². The van der Waals surface area contributed by atoms with Gasteiger partial charge in [0.25, 0.3) is 0 Å². The Labute approximate surface area is 112 Å². The summed E-state index contributed by atoms with van der Waals surface area (Å²) >= 11 is 0. The molecule has 3 unspecified atom stereocenters. The average molecular weight is 279 g/mol. The fourth-order valence-corrected chi connectivity index (χ4v) is 2.00. The van der Waals surface area contributed by atoms with E-state index in [4.69, 9.17) is 20.3 Å². The van der Waals surface area contributed by atoms with Crippen LogP contribution in [-0.2, 0) is 9.47 Å². The van der Waals surface area contributed by atoms with Gasteiger partial charge in [-0.3, -0.25) is 0 Å². The summed E-state index contributed by atoms with van der Waals surface area (Å²) < 4.78 is 10.5. The largest absolute Gasteiger partial charge is 0.394 e. The van der Waals surface area contributed by atoms with Gasteiger partial charge in [0, 0.05) is 6.61 Å². The van der Waals surface area contributed by atoms with Gasteiger partial charge < -0.3 is 35.6 Å². The van der Waals surface area contributed by atoms with Crippen molar-refractivity contribution in [2.24, 2.45) is 5.73 Å². The highest BCUT2D eigenvalue weighted by Crippen LogP contribution is 2.22. The third kappa shape index (κ3) is 4.96. The summed E-state index contributed by atoms with van der Waals surface area (Å²) in [7, 11) is 0. The lowest BCUT2D eigenvalue weighted by Gasteiger charge is -2.39. The predicted octanol–water partition coefficient (Wildman–Crippen LogP) is -1.68. The molecule has 0 aliphatic carbocycles. The van der Waals surface area contributed by atoms with Crippen molar-refractivity contribution < 1.29 is 29.9 Å². The number of nitrogens with two attached hydrogens (primary N) is 1. The Kier molecular flexibility index (Phi) is 7.77. The van der Waals surface area contributed by atoms with Crippen LogP contribution in [-0.4, -0.2) is 70.9 Å². The van der Waals surface area contributed by atoms with Crippen molar-refractivity contribution in [2.45, 2.75) is 56.4 Å². The quantitative estimate of drug-likeness (QED) is 0.336. The molecule has 7 heteroatoms. The molecule has 6 N–H and O–H groups in total. The highest BCUT2D eigenvalue weighted by Gasteiger charge is 2.43. The van der Waals surface area contributed by atoms with Crippen LogP contribution in [0.3, 0.4) is 0 Å². The lowest BCUT2D eigenvalue weighted by molar-refractivity contribution is -0.301. The standard InChI is InChI=1S/C12H25NO6/c13-5-3-1-2-4-6-18-12-11(17)10(16)9(15)8(7-14)19-12/h8-12,14-17H,1-7,13H2/t8-,9?,10?,11?,12+/m1/s1. The molecule has 0 aromatic heterocycles. The molecule has 0 aromatic rings. The lowest BCUT2D eigenvalue weighted by atomic mass is 9.99. The van der Waals surface area contributed by atoms with Crippen LogP contribution < -0.4 is 5.73 Å². The molecular weight excluding hydrogens is 254 g/mol. The summed E-state index contributed by atoms with van der Waals surface area (Å²) in [5.74, 6) is 0. The van der Waals surface area contributed by atoms with Gasteiger partial charge in [-0.2, -0.15) is 0 Å². The highest BCUT2D eigenvalue weighted by atomic mass is 16.7. The van der Waals surface area contributed by atoms with Crippen molar-refractivity contribution in [3.05, 3.63) is 0 Å². The molecule has 5 atom stereocenters. The average Bonchev–Trinajstić information content (AvgIpc) is 2.42. The van der Waals surface area contributed by atoms with Gasteiger partial charge in [-0.15, -0.1) is 0 Å². The molecule has 0 spiro atoms. The summed E-state index contributed by atoms with van der Waals surface area (Å²) in [5.41, 5.74) is 5.38. The van der Waals surface area contributed by atoms with Crippen LogP contribution in [0, 0.1) is 0 Å². The number of aliphatic hydroxyl groups is 4. The Bertz CT molecular complexity index is 240. The molecule has 0 saturated carbocycles. The van der Waals surface area contributed by atoms with Gasteiger partial charge in [-0.05, 0) is 19.4 Å². The number of aliphatic hydroxyl groups excluding tert-OH is 4. The van der Waals surface area contributed by atoms with E-state index in [-0.39, 0.29) is 0 Å². The third-order valence-corrected chi connectivity index (χ3v) is 3.23. The second-order valence-electron chi connectivity index (χ2n) is 4.77. The fraction of sp³-hybridized carbons (Fsp3) is 1.00. The summed E-state index contributed by atoms with van der Waals surface area (Å²) in [5, 5.41) is 37.8. The van der Waals surface area contributed by atoms with Crippen molar-refractivity contribution in [1.29, 1.82) is 0 Å². The normalized spacial score (nSPS) is 35.5. The number of unbranched alkanes of at least 4 members (excludes halogenated alkanes) is 3. The van der Waals surface area contributed by atoms with Gasteiger partial charge in [-0.25, -0.2) is 0 Å². The monoisotopic (exact) mass is 279 g/mol. The van der Waals surface area contributed by atoms with Gasteiger partial charge in [0.15, 0.2) is 6.29 Å². The smallest absolute Gasteiger partial charge is 0.186 e. The molecular formula is C12H25NO6. The van der Waals surface area contributed by atoms with Crippen molar-refractivity contribution >= 4 is 0 Å². The minimum atomic E-state index is -1.38. The molecule has 0 aromatic carbocycles. The fourth-order valence-electron chi connectivity index (χ4n) is 2.00. The van der Waals surface area contributed by atoms with Crippen molar-refractivity contribution in [3.8, 4) is 0 Å². The molecule has 0 amide bonds. The Hall–Kier alpha value is -0.280. The van der Waals surface area contributed by atoms with Gasteiger partial charge in [0.05, 0.1) is 6.61 Å². The van der Waals surface area contributed by atoms with Crippen LogP contribution in [0.1, 0.15) is 25.7 Å². The topological polar surface area (TPSA) is 125 Å². The van der Waals surface area contributed by atoms with Gasteiger partial charge in [0.1, 0.15) is 24.4 Å². The summed E-state index contributed by atoms with van der Waals surface area (Å²) in [6.45, 7) is 0.613. The molecule has 7 nitrogen and oxygen atoms in total. The van der Waals surface area contributed by atoms with Crippen molar-refractivity contribution in [1.82, 2.24) is 0 Å². The molecule has 1 fully saturated rings. The molecule has 19 heavy (non-hydrogen) atoms. The first-order chi connectivity index (χ1) is 9.11. The first kappa shape index (κ1) is 16.8. The van der Waals surface area contributed by atoms with Crippen molar-refractivity contribution in [2.75, 3.05) is 19.8 Å². The Morgan fingerprint density at radius 2 is 1.63 bits per heavy atom. The predicted molar refractivity (Wildman–Crippen MR) is 67.2 cm³/mol. The van der Waals surface area contributed by atoms with E-state index in [1.54, 1.807) is 0 Å². The number of hydrogen-bond donors (Lipinski definition) is 5. The van der Waals surface area contributed by atoms with E-state index in [9.17, 15) is 15.3 Å². The van der Waals surface area contributed by atoms with E-state index in [1.165, 1.54) is 0 Å². The van der Waals surface area contributed by atoms with Crippen LogP contribution in [0.5, 0.6) is 0 Å². The summed E-state index contributed by atoms with van der Waals surface area (Å²) in [6.07, 6.45) is -2.22. The van der Waals surface area contributed by atoms with E-state index in [0.717, 1.165) is 25.7 Å². The number of ether oxygens (including phenoxy) is 2. The zero-order valence-electron chi connectivity index (χ0n) is 11.0. The minimum absolute atomic E-state index is 0.382. The molecule has 1 aliphatic rings. The van der Waals surface area contributed by atoms with Crippen LogP contribution in [0.4, 0.5) is 0 Å². The van der Waals surface area contributed by atoms with Crippen LogP contribution >= 0.6 is 0 Å². The summed E-state index contributed by atoms with van der Waals surface area (Å²) in [4.78, 5) is 0. The third-order valence-electron chi connectivity index (χ3n) is 3.23. The Morgan fingerprint density at radius 3 is 2.26 bits per heavy atom. The van der Waals surface area contributed by atoms with Crippen LogP contribution in [0.15, 0.2) is 0 Å². The van der Waals surface area contributed by atoms with E-state index < -0.39 is 37.3 Å². The maximum Gasteiger partial charge on any atom is 0.186 e. The van der Waals surface area contributed by atoms with Gasteiger partial charge in [0.2, 0.25) is 0 Å². The van der Waals surface area contributed by atoms with E-state index in [1.807, 2.05) is 0 Å². The molecule has 0 bridgehead atoms. The molecule has 1 rings (SSSR count). The summed E-state index contributed by atoms with van der Waals surface area (Å²) in [6, 6.07) is 0. The lowest BCUT2D eigenvalue weighted by Crippen LogP contribution is -2.59. The second kappa shape index (κ2) is 8.80. The van der Waals surface area contributed by atoms with Crippen LogP contribution in [0.25, 0.3) is 0 Å². The molecule has 114 valence electrons. The Balaban J connectivity index is 2.28. The SMILES string of the molecule is NCCCCCCO[C@H]1O[C@H](CO)C(O)C(O)C1O. The van der Waals surface area contributed by atoms with Crippen LogP contribution in [0.2, 0.25) is 0 Å². The zero-order chi connectivity index (χ0) is 14.3. The molecule has 1 aliphatic heterocycles. The Morgan fingerprint density at radius 1 is 0.947 bits per heavy atom. The second-order valence-corrected chi connectivity index (χ2v) is 4.77. The maximum absolute atomic E-state index is 9.70. The zero-order valence-corrected chi connectivity index (χ0v) is 11.0. The number of hydrogen-bond acceptors (Lipinski definition) is 7. The molecule has 1 heterocycles. The van der Waals surface area contributed by atoms with E-state index in [0.29, 0.717) is 13.2 Å². The van der Waals surface area contributed by atoms with Crippen molar-refractivity contribution in [3.63, 3.8) is 0 Å². The first-order valence-electron chi connectivity index (χ1n) is 6.74.